The molecule has 12 nitrogen and oxygen atoms in total. The van der Waals surface area contributed by atoms with Gasteiger partial charge in [-0.2, -0.15) is 0 Å². The summed E-state index contributed by atoms with van der Waals surface area (Å²) >= 11 is 0. The first kappa shape index (κ1) is 42.3. The smallest absolute Gasteiger partial charge is 0.323 e. The molecule has 0 spiro atoms. The highest BCUT2D eigenvalue weighted by Gasteiger charge is 2.40. The largest absolute Gasteiger partial charge is 0.480 e. The molecular formula is C40H60N6O6. The number of aliphatic carboxylic acids is 1. The number of unbranched alkanes of at least 4 members (excludes halogenated alkanes) is 1. The number of carboxylic acid groups (broad SMARTS) is 1. The number of hydrogen-bond acceptors (Lipinski definition) is 8. The monoisotopic (exact) mass is 720 g/mol. The molecule has 1 fully saturated rings. The number of nitrogens with one attached hydrogen (secondary N) is 3. The predicted molar refractivity (Wildman–Crippen MR) is 202 cm³/mol. The summed E-state index contributed by atoms with van der Waals surface area (Å²) in [5, 5.41) is 18.6. The number of Topliss-reactive ketones (excluding diaryl/α,β-unsaturated/α-hetero) is 1. The van der Waals surface area contributed by atoms with Crippen LogP contribution in [0, 0.1) is 11.8 Å². The van der Waals surface area contributed by atoms with Gasteiger partial charge in [-0.05, 0) is 55.7 Å². The van der Waals surface area contributed by atoms with Gasteiger partial charge in [0, 0.05) is 43.8 Å². The molecule has 0 radical (unpaired) electrons. The zero-order chi connectivity index (χ0) is 38.3. The van der Waals surface area contributed by atoms with E-state index in [2.05, 4.69) is 41.9 Å². The molecule has 1 heterocycles. The summed E-state index contributed by atoms with van der Waals surface area (Å²) in [6.07, 6.45) is 2.52. The van der Waals surface area contributed by atoms with Crippen molar-refractivity contribution in [2.45, 2.75) is 102 Å². The van der Waals surface area contributed by atoms with Crippen molar-refractivity contribution in [1.29, 1.82) is 0 Å². The van der Waals surface area contributed by atoms with Crippen LogP contribution in [0.15, 0.2) is 60.7 Å². The lowest BCUT2D eigenvalue weighted by molar-refractivity contribution is -0.149. The maximum absolute atomic E-state index is 14.0. The van der Waals surface area contributed by atoms with Gasteiger partial charge in [-0.25, -0.2) is 0 Å². The van der Waals surface area contributed by atoms with Crippen LogP contribution in [0.25, 0.3) is 0 Å². The Morgan fingerprint density at radius 3 is 2.10 bits per heavy atom. The highest BCUT2D eigenvalue weighted by atomic mass is 16.4. The molecule has 0 unspecified atom stereocenters. The number of benzene rings is 2. The number of rotatable bonds is 21. The summed E-state index contributed by atoms with van der Waals surface area (Å²) in [6.45, 7) is 9.48. The lowest BCUT2D eigenvalue weighted by Crippen LogP contribution is -2.57. The molecule has 0 aliphatic carbocycles. The summed E-state index contributed by atoms with van der Waals surface area (Å²) in [5.41, 5.74) is 12.2. The average molecular weight is 721 g/mol. The number of piperidine rings is 1. The van der Waals surface area contributed by atoms with Crippen molar-refractivity contribution in [3.63, 3.8) is 0 Å². The second-order valence-electron chi connectivity index (χ2n) is 15.3. The molecule has 0 saturated carbocycles. The van der Waals surface area contributed by atoms with E-state index >= 15 is 0 Å². The lowest BCUT2D eigenvalue weighted by Gasteiger charge is -2.38. The first-order valence-corrected chi connectivity index (χ1v) is 18.6. The van der Waals surface area contributed by atoms with E-state index < -0.39 is 35.4 Å². The topological polar surface area (TPSA) is 197 Å². The Morgan fingerprint density at radius 1 is 0.904 bits per heavy atom. The third kappa shape index (κ3) is 13.1. The van der Waals surface area contributed by atoms with E-state index in [0.29, 0.717) is 38.8 Å². The number of nitrogens with zero attached hydrogens (tertiary/aromatic N) is 1. The Labute approximate surface area is 308 Å². The van der Waals surface area contributed by atoms with Crippen LogP contribution >= 0.6 is 0 Å². The summed E-state index contributed by atoms with van der Waals surface area (Å²) in [5.74, 6) is -2.99. The molecule has 0 aromatic heterocycles. The standard InChI is InChI=1S/C40H60N6O6/c1-28(2)23-32(34(47)25-30(15-11-12-20-41)37(50)46-21-18-40(42,19-22-46)38(51)52)45-36(49)33(24-29-13-7-5-8-14-29)44-35(48)26-43-27-39(3,4)31-16-9-6-10-17-31/h5-10,13-14,16-17,28,30,32-33,43H,11-12,15,18-27,41-42H2,1-4H3,(H,44,48)(H,45,49)(H,51,52)/t30-,32+,33+/m0/s1. The Hall–Kier alpha value is -4.13. The van der Waals surface area contributed by atoms with Crippen molar-refractivity contribution >= 4 is 29.5 Å². The molecule has 12 heteroatoms. The number of carbonyl (C=O) groups is 5. The second-order valence-corrected chi connectivity index (χ2v) is 15.3. The van der Waals surface area contributed by atoms with Crippen molar-refractivity contribution in [2.24, 2.45) is 23.3 Å². The molecule has 3 rings (SSSR count). The summed E-state index contributed by atoms with van der Waals surface area (Å²) in [6, 6.07) is 17.6. The number of ketones is 1. The average Bonchev–Trinajstić information content (AvgIpc) is 3.11. The van der Waals surface area contributed by atoms with E-state index in [-0.39, 0.29) is 74.2 Å². The zero-order valence-corrected chi connectivity index (χ0v) is 31.4. The van der Waals surface area contributed by atoms with Crippen LogP contribution < -0.4 is 27.4 Å². The first-order chi connectivity index (χ1) is 24.6. The molecule has 286 valence electrons. The predicted octanol–water partition coefficient (Wildman–Crippen LogP) is 2.92. The van der Waals surface area contributed by atoms with E-state index in [4.69, 9.17) is 11.5 Å². The van der Waals surface area contributed by atoms with Crippen LogP contribution in [0.3, 0.4) is 0 Å². The van der Waals surface area contributed by atoms with Gasteiger partial charge in [-0.15, -0.1) is 0 Å². The van der Waals surface area contributed by atoms with Crippen LogP contribution in [-0.4, -0.2) is 89.8 Å². The minimum absolute atomic E-state index is 0.00399. The molecule has 1 saturated heterocycles. The van der Waals surface area contributed by atoms with E-state index in [9.17, 15) is 29.1 Å². The molecule has 8 N–H and O–H groups in total. The van der Waals surface area contributed by atoms with Gasteiger partial charge in [0.1, 0.15) is 11.6 Å². The van der Waals surface area contributed by atoms with Crippen molar-refractivity contribution in [2.75, 3.05) is 32.7 Å². The second kappa shape index (κ2) is 20.2. The summed E-state index contributed by atoms with van der Waals surface area (Å²) < 4.78 is 0. The summed E-state index contributed by atoms with van der Waals surface area (Å²) in [7, 11) is 0. The van der Waals surface area contributed by atoms with E-state index in [1.165, 1.54) is 0 Å². The highest BCUT2D eigenvalue weighted by Crippen LogP contribution is 2.25. The number of carboxylic acids is 1. The minimum Gasteiger partial charge on any atom is -0.480 e. The minimum atomic E-state index is -1.38. The highest BCUT2D eigenvalue weighted by molar-refractivity contribution is 5.95. The summed E-state index contributed by atoms with van der Waals surface area (Å²) in [4.78, 5) is 68.2. The number of nitrogens with two attached hydrogens (primary N) is 2. The van der Waals surface area contributed by atoms with Gasteiger partial charge < -0.3 is 37.4 Å². The normalized spacial score (nSPS) is 16.1. The van der Waals surface area contributed by atoms with Gasteiger partial charge in [-0.1, -0.05) is 94.8 Å². The third-order valence-corrected chi connectivity index (χ3v) is 9.95. The van der Waals surface area contributed by atoms with Crippen LogP contribution in [0.2, 0.25) is 0 Å². The Kier molecular flexibility index (Phi) is 16.4. The fraction of sp³-hybridized carbons (Fsp3) is 0.575. The fourth-order valence-corrected chi connectivity index (χ4v) is 6.63. The third-order valence-electron chi connectivity index (χ3n) is 9.95. The SMILES string of the molecule is CC(C)C[C@@H](NC(=O)[C@@H](Cc1ccccc1)NC(=O)CNCC(C)(C)c1ccccc1)C(=O)C[C@H](CCCCN)C(=O)N1CCC(N)(C(=O)O)CC1. The molecule has 1 aliphatic heterocycles. The van der Waals surface area contributed by atoms with Crippen molar-refractivity contribution in [3.05, 3.63) is 71.8 Å². The number of amides is 3. The van der Waals surface area contributed by atoms with Gasteiger partial charge >= 0.3 is 5.97 Å². The van der Waals surface area contributed by atoms with Crippen LogP contribution in [0.1, 0.15) is 83.8 Å². The van der Waals surface area contributed by atoms with Gasteiger partial charge in [-0.3, -0.25) is 24.0 Å². The molecule has 2 aromatic carbocycles. The van der Waals surface area contributed by atoms with E-state index in [1.54, 1.807) is 4.90 Å². The van der Waals surface area contributed by atoms with Crippen molar-refractivity contribution in [1.82, 2.24) is 20.9 Å². The van der Waals surface area contributed by atoms with Crippen molar-refractivity contribution in [3.8, 4) is 0 Å². The molecule has 3 atom stereocenters. The molecule has 1 aliphatic rings. The Bertz CT molecular complexity index is 1460. The Balaban J connectivity index is 1.72. The van der Waals surface area contributed by atoms with Crippen LogP contribution in [0.4, 0.5) is 0 Å². The molecule has 2 aromatic rings. The quantitative estimate of drug-likeness (QED) is 0.105. The molecule has 52 heavy (non-hydrogen) atoms. The zero-order valence-electron chi connectivity index (χ0n) is 31.4. The maximum Gasteiger partial charge on any atom is 0.323 e. The molecule has 0 bridgehead atoms. The van der Waals surface area contributed by atoms with Gasteiger partial charge in [0.15, 0.2) is 5.78 Å². The maximum atomic E-state index is 14.0. The van der Waals surface area contributed by atoms with Gasteiger partial charge in [0.2, 0.25) is 17.7 Å². The Morgan fingerprint density at radius 2 is 1.52 bits per heavy atom. The van der Waals surface area contributed by atoms with Gasteiger partial charge in [0.25, 0.3) is 0 Å². The fourth-order valence-electron chi connectivity index (χ4n) is 6.63. The number of carbonyl (C=O) groups excluding carboxylic acids is 4. The van der Waals surface area contributed by atoms with Crippen molar-refractivity contribution < 1.29 is 29.1 Å². The van der Waals surface area contributed by atoms with Gasteiger partial charge in [0.05, 0.1) is 12.6 Å². The van der Waals surface area contributed by atoms with Crippen LogP contribution in [-0.2, 0) is 35.8 Å². The number of likely N-dealkylation sites (tertiary alicyclic amines) is 1. The first-order valence-electron chi connectivity index (χ1n) is 18.6. The molecular weight excluding hydrogens is 660 g/mol. The number of hydrogen-bond donors (Lipinski definition) is 6. The van der Waals surface area contributed by atoms with Crippen LogP contribution in [0.5, 0.6) is 0 Å². The molecule has 3 amide bonds. The van der Waals surface area contributed by atoms with E-state index in [1.807, 2.05) is 62.4 Å². The van der Waals surface area contributed by atoms with E-state index in [0.717, 1.165) is 11.1 Å². The lowest BCUT2D eigenvalue weighted by atomic mass is 9.84.